The Morgan fingerprint density at radius 2 is 1.86 bits per heavy atom. The normalized spacial score (nSPS) is 11.2. The summed E-state index contributed by atoms with van der Waals surface area (Å²) in [6, 6.07) is 12.3. The van der Waals surface area contributed by atoms with Crippen LogP contribution in [0, 0.1) is 5.82 Å². The van der Waals surface area contributed by atoms with Crippen molar-refractivity contribution in [2.45, 2.75) is 6.54 Å². The Balaban J connectivity index is 2.05. The third kappa shape index (κ3) is 3.79. The fourth-order valence-electron chi connectivity index (χ4n) is 1.76. The number of amides is 1. The molecule has 0 saturated carbocycles. The van der Waals surface area contributed by atoms with E-state index < -0.39 is 0 Å². The van der Waals surface area contributed by atoms with E-state index in [1.54, 1.807) is 30.3 Å². The van der Waals surface area contributed by atoms with Crippen LogP contribution in [0.5, 0.6) is 0 Å². The number of nitrogens with zero attached hydrogens (tertiary/aromatic N) is 1. The topological polar surface area (TPSA) is 87.7 Å². The predicted octanol–water partition coefficient (Wildman–Crippen LogP) is 1.85. The summed E-state index contributed by atoms with van der Waals surface area (Å²) in [7, 11) is 0. The van der Waals surface area contributed by atoms with Crippen LogP contribution in [0.2, 0.25) is 0 Å². The van der Waals surface area contributed by atoms with Gasteiger partial charge in [0, 0.05) is 17.7 Å². The van der Waals surface area contributed by atoms with Crippen LogP contribution >= 0.6 is 0 Å². The Hall–Kier alpha value is -2.89. The summed E-state index contributed by atoms with van der Waals surface area (Å²) in [6.07, 6.45) is 0. The maximum absolute atomic E-state index is 12.8. The van der Waals surface area contributed by atoms with Gasteiger partial charge in [-0.2, -0.15) is 0 Å². The molecular formula is C15H14FN3O2. The van der Waals surface area contributed by atoms with E-state index in [1.807, 2.05) is 0 Å². The zero-order chi connectivity index (χ0) is 15.2. The molecule has 0 atom stereocenters. The molecule has 0 aliphatic heterocycles. The van der Waals surface area contributed by atoms with Crippen molar-refractivity contribution in [3.63, 3.8) is 0 Å². The number of halogens is 1. The predicted molar refractivity (Wildman–Crippen MR) is 76.5 cm³/mol. The molecule has 2 rings (SSSR count). The highest BCUT2D eigenvalue weighted by atomic mass is 19.1. The Labute approximate surface area is 120 Å². The maximum Gasteiger partial charge on any atom is 0.251 e. The van der Waals surface area contributed by atoms with Crippen LogP contribution in [0.1, 0.15) is 21.5 Å². The van der Waals surface area contributed by atoms with Crippen LogP contribution in [0.3, 0.4) is 0 Å². The molecule has 0 saturated heterocycles. The minimum atomic E-state index is -0.323. The maximum atomic E-state index is 12.8. The number of oxime groups is 1. The van der Waals surface area contributed by atoms with Gasteiger partial charge in [-0.25, -0.2) is 4.39 Å². The number of nitrogens with two attached hydrogens (primary N) is 1. The molecule has 0 aliphatic rings. The molecule has 0 fully saturated rings. The van der Waals surface area contributed by atoms with E-state index in [2.05, 4.69) is 10.5 Å². The van der Waals surface area contributed by atoms with E-state index in [4.69, 9.17) is 10.9 Å². The summed E-state index contributed by atoms with van der Waals surface area (Å²) < 4.78 is 12.8. The van der Waals surface area contributed by atoms with Gasteiger partial charge in [-0.15, -0.1) is 0 Å². The van der Waals surface area contributed by atoms with Crippen molar-refractivity contribution < 1.29 is 14.4 Å². The van der Waals surface area contributed by atoms with Crippen LogP contribution in [0.4, 0.5) is 4.39 Å². The van der Waals surface area contributed by atoms with E-state index in [-0.39, 0.29) is 24.1 Å². The highest BCUT2D eigenvalue weighted by Gasteiger charge is 2.08. The lowest BCUT2D eigenvalue weighted by Gasteiger charge is -2.07. The van der Waals surface area contributed by atoms with Crippen molar-refractivity contribution >= 4 is 11.7 Å². The summed E-state index contributed by atoms with van der Waals surface area (Å²) in [4.78, 5) is 12.0. The van der Waals surface area contributed by atoms with Crippen molar-refractivity contribution in [1.82, 2.24) is 5.32 Å². The molecule has 6 heteroatoms. The number of rotatable bonds is 4. The number of hydrogen-bond donors (Lipinski definition) is 3. The summed E-state index contributed by atoms with van der Waals surface area (Å²) in [5.74, 6) is -0.688. The van der Waals surface area contributed by atoms with Crippen LogP contribution < -0.4 is 11.1 Å². The molecule has 5 nitrogen and oxygen atoms in total. The van der Waals surface area contributed by atoms with E-state index in [9.17, 15) is 9.18 Å². The van der Waals surface area contributed by atoms with Gasteiger partial charge in [0.25, 0.3) is 5.91 Å². The summed E-state index contributed by atoms with van der Waals surface area (Å²) in [5.41, 5.74) is 7.11. The smallest absolute Gasteiger partial charge is 0.251 e. The first-order chi connectivity index (χ1) is 10.1. The zero-order valence-electron chi connectivity index (χ0n) is 11.1. The standard InChI is InChI=1S/C15H14FN3O2/c16-13-6-4-10(5-7-13)9-18-15(20)12-3-1-2-11(8-12)14(17)19-21/h1-8,21H,9H2,(H2,17,19)(H,18,20). The van der Waals surface area contributed by atoms with Gasteiger partial charge in [0.05, 0.1) is 0 Å². The van der Waals surface area contributed by atoms with Crippen LogP contribution in [0.25, 0.3) is 0 Å². The molecular weight excluding hydrogens is 273 g/mol. The molecule has 0 spiro atoms. The number of carbonyl (C=O) groups excluding carboxylic acids is 1. The average molecular weight is 287 g/mol. The lowest BCUT2D eigenvalue weighted by Crippen LogP contribution is -2.23. The molecule has 0 unspecified atom stereocenters. The van der Waals surface area contributed by atoms with E-state index in [0.717, 1.165) is 5.56 Å². The molecule has 0 bridgehead atoms. The van der Waals surface area contributed by atoms with E-state index >= 15 is 0 Å². The van der Waals surface area contributed by atoms with Gasteiger partial charge in [0.2, 0.25) is 0 Å². The lowest BCUT2D eigenvalue weighted by atomic mass is 10.1. The molecule has 0 heterocycles. The molecule has 2 aromatic carbocycles. The third-order valence-corrected chi connectivity index (χ3v) is 2.89. The minimum Gasteiger partial charge on any atom is -0.409 e. The van der Waals surface area contributed by atoms with Gasteiger partial charge in [-0.3, -0.25) is 4.79 Å². The highest BCUT2D eigenvalue weighted by Crippen LogP contribution is 2.07. The van der Waals surface area contributed by atoms with Crippen LogP contribution in [-0.4, -0.2) is 17.0 Å². The molecule has 21 heavy (non-hydrogen) atoms. The number of carbonyl (C=O) groups is 1. The molecule has 0 aromatic heterocycles. The van der Waals surface area contributed by atoms with Gasteiger partial charge in [0.15, 0.2) is 5.84 Å². The highest BCUT2D eigenvalue weighted by molar-refractivity contribution is 6.01. The Morgan fingerprint density at radius 1 is 1.19 bits per heavy atom. The Kier molecular flexibility index (Phi) is 4.50. The van der Waals surface area contributed by atoms with Crippen molar-refractivity contribution in [2.75, 3.05) is 0 Å². The molecule has 1 amide bonds. The Morgan fingerprint density at radius 3 is 2.52 bits per heavy atom. The first kappa shape index (κ1) is 14.5. The van der Waals surface area contributed by atoms with E-state index in [1.165, 1.54) is 18.2 Å². The average Bonchev–Trinajstić information content (AvgIpc) is 2.53. The SMILES string of the molecule is N/C(=N\O)c1cccc(C(=O)NCc2ccc(F)cc2)c1. The summed E-state index contributed by atoms with van der Waals surface area (Å²) >= 11 is 0. The number of nitrogens with one attached hydrogen (secondary N) is 1. The second-order valence-corrected chi connectivity index (χ2v) is 4.38. The zero-order valence-corrected chi connectivity index (χ0v) is 11.1. The monoisotopic (exact) mass is 287 g/mol. The number of amidine groups is 1. The molecule has 4 N–H and O–H groups in total. The second-order valence-electron chi connectivity index (χ2n) is 4.38. The van der Waals surface area contributed by atoms with Gasteiger partial charge in [0.1, 0.15) is 5.82 Å². The second kappa shape index (κ2) is 6.51. The molecule has 108 valence electrons. The first-order valence-corrected chi connectivity index (χ1v) is 6.21. The van der Waals surface area contributed by atoms with Crippen molar-refractivity contribution in [3.05, 3.63) is 71.0 Å². The number of benzene rings is 2. The first-order valence-electron chi connectivity index (χ1n) is 6.21. The van der Waals surface area contributed by atoms with Crippen molar-refractivity contribution in [3.8, 4) is 0 Å². The Bertz CT molecular complexity index is 669. The summed E-state index contributed by atoms with van der Waals surface area (Å²) in [6.45, 7) is 0.285. The number of hydrogen-bond acceptors (Lipinski definition) is 3. The van der Waals surface area contributed by atoms with Gasteiger partial charge in [-0.1, -0.05) is 29.4 Å². The lowest BCUT2D eigenvalue weighted by molar-refractivity contribution is 0.0951. The van der Waals surface area contributed by atoms with Gasteiger partial charge in [-0.05, 0) is 29.8 Å². The quantitative estimate of drug-likeness (QED) is 0.347. The minimum absolute atomic E-state index is 0.0665. The van der Waals surface area contributed by atoms with Crippen molar-refractivity contribution in [1.29, 1.82) is 0 Å². The van der Waals surface area contributed by atoms with Gasteiger partial charge >= 0.3 is 0 Å². The fraction of sp³-hybridized carbons (Fsp3) is 0.0667. The largest absolute Gasteiger partial charge is 0.409 e. The molecule has 0 radical (unpaired) electrons. The van der Waals surface area contributed by atoms with Gasteiger partial charge < -0.3 is 16.3 Å². The molecule has 0 aliphatic carbocycles. The van der Waals surface area contributed by atoms with Crippen LogP contribution in [0.15, 0.2) is 53.7 Å². The van der Waals surface area contributed by atoms with Crippen molar-refractivity contribution in [2.24, 2.45) is 10.9 Å². The summed E-state index contributed by atoms with van der Waals surface area (Å²) in [5, 5.41) is 14.2. The third-order valence-electron chi connectivity index (χ3n) is 2.89. The molecule has 2 aromatic rings. The van der Waals surface area contributed by atoms with Crippen LogP contribution in [-0.2, 0) is 6.54 Å². The van der Waals surface area contributed by atoms with E-state index in [0.29, 0.717) is 11.1 Å². The fourth-order valence-corrected chi connectivity index (χ4v) is 1.76.